The number of nitrogens with zero attached hydrogens (tertiary/aromatic N) is 2. The minimum atomic E-state index is 0.793. The maximum Gasteiger partial charge on any atom is 0.0669 e. The first-order chi connectivity index (χ1) is 7.60. The van der Waals surface area contributed by atoms with Crippen LogP contribution in [0.15, 0.2) is 11.1 Å². The van der Waals surface area contributed by atoms with Gasteiger partial charge in [-0.2, -0.15) is 5.10 Å². The molecule has 0 aliphatic carbocycles. The maximum absolute atomic E-state index is 4.54. The highest BCUT2D eigenvalue weighted by atomic mass is 79.9. The Morgan fingerprint density at radius 3 is 2.62 bits per heavy atom. The summed E-state index contributed by atoms with van der Waals surface area (Å²) < 4.78 is 2.98. The Balaban J connectivity index is 2.79. The molecule has 0 saturated carbocycles. The highest BCUT2D eigenvalue weighted by molar-refractivity contribution is 9.11. The summed E-state index contributed by atoms with van der Waals surface area (Å²) in [6, 6.07) is 0. The Bertz CT molecular complexity index is 369. The van der Waals surface area contributed by atoms with Crippen LogP contribution in [0.2, 0.25) is 0 Å². The van der Waals surface area contributed by atoms with Gasteiger partial charge in [-0.05, 0) is 12.8 Å². The minimum Gasteiger partial charge on any atom is -0.308 e. The molecule has 3 nitrogen and oxygen atoms in total. The van der Waals surface area contributed by atoms with Crippen LogP contribution in [0.4, 0.5) is 0 Å². The molecule has 1 rings (SSSR count). The number of aromatic nitrogens is 2. The van der Waals surface area contributed by atoms with Crippen molar-refractivity contribution in [1.82, 2.24) is 15.1 Å². The molecule has 0 unspecified atom stereocenters. The SMILES string of the molecule is C=C(Br)CNCc1c(CC)nn(C)c1CC. The zero-order valence-electron chi connectivity index (χ0n) is 10.3. The molecule has 0 aliphatic heterocycles. The van der Waals surface area contributed by atoms with Gasteiger partial charge in [-0.15, -0.1) is 0 Å². The van der Waals surface area contributed by atoms with E-state index in [1.807, 2.05) is 11.7 Å². The Morgan fingerprint density at radius 2 is 2.12 bits per heavy atom. The van der Waals surface area contributed by atoms with Crippen molar-refractivity contribution in [2.24, 2.45) is 7.05 Å². The molecule has 0 fully saturated rings. The van der Waals surface area contributed by atoms with Crippen LogP contribution in [0.1, 0.15) is 30.8 Å². The van der Waals surface area contributed by atoms with Crippen LogP contribution < -0.4 is 5.32 Å². The van der Waals surface area contributed by atoms with Crippen molar-refractivity contribution in [1.29, 1.82) is 0 Å². The Kier molecular flexibility index (Phi) is 5.22. The fraction of sp³-hybridized carbons (Fsp3) is 0.583. The van der Waals surface area contributed by atoms with Gasteiger partial charge in [0.25, 0.3) is 0 Å². The molecule has 1 aromatic heterocycles. The molecule has 0 saturated heterocycles. The van der Waals surface area contributed by atoms with Gasteiger partial charge in [0.2, 0.25) is 0 Å². The summed E-state index contributed by atoms with van der Waals surface area (Å²) in [6.07, 6.45) is 2.01. The van der Waals surface area contributed by atoms with Crippen molar-refractivity contribution in [2.45, 2.75) is 33.2 Å². The predicted molar refractivity (Wildman–Crippen MR) is 71.7 cm³/mol. The van der Waals surface area contributed by atoms with Crippen LogP contribution in [0.3, 0.4) is 0 Å². The van der Waals surface area contributed by atoms with E-state index in [1.165, 1.54) is 17.0 Å². The van der Waals surface area contributed by atoms with E-state index in [9.17, 15) is 0 Å². The number of aryl methyl sites for hydroxylation is 2. The largest absolute Gasteiger partial charge is 0.308 e. The molecule has 1 N–H and O–H groups in total. The summed E-state index contributed by atoms with van der Waals surface area (Å²) in [5.41, 5.74) is 3.87. The first kappa shape index (κ1) is 13.5. The van der Waals surface area contributed by atoms with Crippen molar-refractivity contribution in [3.05, 3.63) is 28.0 Å². The molecular formula is C12H20BrN3. The lowest BCUT2D eigenvalue weighted by Crippen LogP contribution is -2.16. The van der Waals surface area contributed by atoms with Crippen LogP contribution in [-0.2, 0) is 26.4 Å². The maximum atomic E-state index is 4.54. The first-order valence-corrected chi connectivity index (χ1v) is 6.47. The molecule has 0 bridgehead atoms. The van der Waals surface area contributed by atoms with Crippen LogP contribution in [0, 0.1) is 0 Å². The van der Waals surface area contributed by atoms with E-state index in [-0.39, 0.29) is 0 Å². The standard InChI is InChI=1S/C12H20BrN3/c1-5-11-10(8-14-7-9(3)13)12(6-2)16(4)15-11/h14H,3,5-8H2,1-2,4H3. The third kappa shape index (κ3) is 3.19. The second-order valence-corrected chi connectivity index (χ2v) is 4.94. The van der Waals surface area contributed by atoms with Gasteiger partial charge in [0.1, 0.15) is 0 Å². The van der Waals surface area contributed by atoms with E-state index in [0.717, 1.165) is 30.4 Å². The van der Waals surface area contributed by atoms with Gasteiger partial charge < -0.3 is 5.32 Å². The fourth-order valence-electron chi connectivity index (χ4n) is 1.92. The average molecular weight is 286 g/mol. The van der Waals surface area contributed by atoms with Crippen molar-refractivity contribution in [3.8, 4) is 0 Å². The molecular weight excluding hydrogens is 266 g/mol. The van der Waals surface area contributed by atoms with Gasteiger partial charge >= 0.3 is 0 Å². The summed E-state index contributed by atoms with van der Waals surface area (Å²) in [6.45, 7) is 9.79. The van der Waals surface area contributed by atoms with Gasteiger partial charge in [0.05, 0.1) is 5.69 Å². The monoisotopic (exact) mass is 285 g/mol. The molecule has 1 aromatic rings. The summed E-state index contributed by atoms with van der Waals surface area (Å²) in [5, 5.41) is 7.90. The molecule has 4 heteroatoms. The average Bonchev–Trinajstić information content (AvgIpc) is 2.54. The van der Waals surface area contributed by atoms with Crippen molar-refractivity contribution in [2.75, 3.05) is 6.54 Å². The Hall–Kier alpha value is -0.610. The summed E-state index contributed by atoms with van der Waals surface area (Å²) in [5.74, 6) is 0. The van der Waals surface area contributed by atoms with E-state index >= 15 is 0 Å². The number of hydrogen-bond acceptors (Lipinski definition) is 2. The third-order valence-electron chi connectivity index (χ3n) is 2.65. The highest BCUT2D eigenvalue weighted by Crippen LogP contribution is 2.15. The molecule has 90 valence electrons. The normalized spacial score (nSPS) is 10.8. The molecule has 0 radical (unpaired) electrons. The Labute approximate surface area is 106 Å². The summed E-state index contributed by atoms with van der Waals surface area (Å²) >= 11 is 3.35. The van der Waals surface area contributed by atoms with E-state index in [4.69, 9.17) is 0 Å². The molecule has 0 spiro atoms. The van der Waals surface area contributed by atoms with Crippen LogP contribution in [0.25, 0.3) is 0 Å². The first-order valence-electron chi connectivity index (χ1n) is 5.67. The van der Waals surface area contributed by atoms with E-state index < -0.39 is 0 Å². The summed E-state index contributed by atoms with van der Waals surface area (Å²) in [4.78, 5) is 0. The molecule has 0 atom stereocenters. The zero-order chi connectivity index (χ0) is 12.1. The third-order valence-corrected chi connectivity index (χ3v) is 2.93. The van der Waals surface area contributed by atoms with Gasteiger partial charge in [-0.25, -0.2) is 0 Å². The van der Waals surface area contributed by atoms with E-state index in [2.05, 4.69) is 46.8 Å². The zero-order valence-corrected chi connectivity index (χ0v) is 11.9. The second-order valence-electron chi connectivity index (χ2n) is 3.82. The molecule has 1 heterocycles. The van der Waals surface area contributed by atoms with Gasteiger partial charge in [0, 0.05) is 35.9 Å². The second kappa shape index (κ2) is 6.21. The van der Waals surface area contributed by atoms with E-state index in [1.54, 1.807) is 0 Å². The number of rotatable bonds is 6. The molecule has 0 amide bonds. The number of halogens is 1. The topological polar surface area (TPSA) is 29.9 Å². The lowest BCUT2D eigenvalue weighted by atomic mass is 10.1. The van der Waals surface area contributed by atoms with E-state index in [0.29, 0.717) is 0 Å². The fourth-order valence-corrected chi connectivity index (χ4v) is 2.12. The lowest BCUT2D eigenvalue weighted by Gasteiger charge is -2.06. The molecule has 0 aliphatic rings. The quantitative estimate of drug-likeness (QED) is 0.871. The van der Waals surface area contributed by atoms with Crippen LogP contribution in [0.5, 0.6) is 0 Å². The molecule has 16 heavy (non-hydrogen) atoms. The minimum absolute atomic E-state index is 0.793. The smallest absolute Gasteiger partial charge is 0.0669 e. The van der Waals surface area contributed by atoms with Crippen molar-refractivity contribution >= 4 is 15.9 Å². The summed E-state index contributed by atoms with van der Waals surface area (Å²) in [7, 11) is 2.02. The highest BCUT2D eigenvalue weighted by Gasteiger charge is 2.12. The molecule has 0 aromatic carbocycles. The predicted octanol–water partition coefficient (Wildman–Crippen LogP) is 2.54. The number of nitrogens with one attached hydrogen (secondary N) is 1. The Morgan fingerprint density at radius 1 is 1.44 bits per heavy atom. The van der Waals surface area contributed by atoms with Crippen LogP contribution >= 0.6 is 15.9 Å². The van der Waals surface area contributed by atoms with Crippen molar-refractivity contribution < 1.29 is 0 Å². The van der Waals surface area contributed by atoms with Gasteiger partial charge in [-0.1, -0.05) is 36.4 Å². The van der Waals surface area contributed by atoms with Gasteiger partial charge in [0.15, 0.2) is 0 Å². The number of hydrogen-bond donors (Lipinski definition) is 1. The van der Waals surface area contributed by atoms with Gasteiger partial charge in [-0.3, -0.25) is 4.68 Å². The van der Waals surface area contributed by atoms with Crippen LogP contribution in [-0.4, -0.2) is 16.3 Å². The lowest BCUT2D eigenvalue weighted by molar-refractivity contribution is 0.698. The van der Waals surface area contributed by atoms with Crippen molar-refractivity contribution in [3.63, 3.8) is 0 Å².